The van der Waals surface area contributed by atoms with E-state index in [1.165, 1.54) is 6.07 Å². The van der Waals surface area contributed by atoms with Crippen molar-refractivity contribution in [2.75, 3.05) is 37.7 Å². The molecule has 1 aliphatic heterocycles. The second kappa shape index (κ2) is 8.31. The summed E-state index contributed by atoms with van der Waals surface area (Å²) < 4.78 is 5.08. The van der Waals surface area contributed by atoms with Crippen molar-refractivity contribution in [2.45, 2.75) is 6.92 Å². The Bertz CT molecular complexity index is 848. The maximum absolute atomic E-state index is 12.3. The summed E-state index contributed by atoms with van der Waals surface area (Å²) in [5, 5.41) is 10.6. The number of halogens is 1. The van der Waals surface area contributed by atoms with Crippen LogP contribution < -0.4 is 4.90 Å². The summed E-state index contributed by atoms with van der Waals surface area (Å²) in [6, 6.07) is 12.4. The van der Waals surface area contributed by atoms with Crippen molar-refractivity contribution < 1.29 is 19.4 Å². The fourth-order valence-corrected chi connectivity index (χ4v) is 3.28. The largest absolute Gasteiger partial charge is 0.507 e. The van der Waals surface area contributed by atoms with Gasteiger partial charge in [-0.25, -0.2) is 4.79 Å². The number of amides is 1. The smallest absolute Gasteiger partial charge is 0.342 e. The molecule has 0 spiro atoms. The van der Waals surface area contributed by atoms with Gasteiger partial charge < -0.3 is 19.6 Å². The molecule has 6 nitrogen and oxygen atoms in total. The summed E-state index contributed by atoms with van der Waals surface area (Å²) >= 11 is 6.22. The van der Waals surface area contributed by atoms with Gasteiger partial charge in [-0.2, -0.15) is 0 Å². The highest BCUT2D eigenvalue weighted by Gasteiger charge is 2.24. The van der Waals surface area contributed by atoms with E-state index in [9.17, 15) is 14.7 Å². The molecule has 0 saturated carbocycles. The zero-order chi connectivity index (χ0) is 19.4. The van der Waals surface area contributed by atoms with Crippen molar-refractivity contribution in [3.05, 3.63) is 58.6 Å². The van der Waals surface area contributed by atoms with E-state index < -0.39 is 5.97 Å². The Labute approximate surface area is 162 Å². The molecule has 0 radical (unpaired) electrons. The van der Waals surface area contributed by atoms with Crippen LogP contribution in [0.3, 0.4) is 0 Å². The first-order valence-corrected chi connectivity index (χ1v) is 9.08. The van der Waals surface area contributed by atoms with E-state index in [4.69, 9.17) is 16.3 Å². The van der Waals surface area contributed by atoms with Gasteiger partial charge in [-0.3, -0.25) is 4.79 Å². The first-order valence-electron chi connectivity index (χ1n) is 8.70. The van der Waals surface area contributed by atoms with Crippen molar-refractivity contribution in [2.24, 2.45) is 0 Å². The number of carbonyl (C=O) groups excluding carboxylic acids is 2. The lowest BCUT2D eigenvalue weighted by Gasteiger charge is -2.36. The second-order valence-corrected chi connectivity index (χ2v) is 6.77. The SMILES string of the molecule is Cc1cccc(C(=O)OCC(=O)N2CCN(c3ccccc3Cl)CC2)c1O. The van der Waals surface area contributed by atoms with E-state index in [1.807, 2.05) is 24.3 Å². The van der Waals surface area contributed by atoms with Crippen molar-refractivity contribution >= 4 is 29.2 Å². The minimum atomic E-state index is -0.709. The van der Waals surface area contributed by atoms with Crippen LogP contribution in [0.25, 0.3) is 0 Å². The lowest BCUT2D eigenvalue weighted by atomic mass is 10.1. The molecule has 1 aliphatic rings. The van der Waals surface area contributed by atoms with Crippen LogP contribution in [0.1, 0.15) is 15.9 Å². The van der Waals surface area contributed by atoms with E-state index >= 15 is 0 Å². The van der Waals surface area contributed by atoms with Gasteiger partial charge in [-0.05, 0) is 30.7 Å². The van der Waals surface area contributed by atoms with Crippen molar-refractivity contribution in [3.8, 4) is 5.75 Å². The number of benzene rings is 2. The lowest BCUT2D eigenvalue weighted by Crippen LogP contribution is -2.50. The van der Waals surface area contributed by atoms with Gasteiger partial charge in [0.25, 0.3) is 5.91 Å². The van der Waals surface area contributed by atoms with Gasteiger partial charge in [0.2, 0.25) is 0 Å². The Hall–Kier alpha value is -2.73. The number of nitrogens with zero attached hydrogens (tertiary/aromatic N) is 2. The highest BCUT2D eigenvalue weighted by atomic mass is 35.5. The quantitative estimate of drug-likeness (QED) is 0.815. The summed E-state index contributed by atoms with van der Waals surface area (Å²) in [6.45, 7) is 3.70. The van der Waals surface area contributed by atoms with Gasteiger partial charge in [-0.1, -0.05) is 35.9 Å². The number of piperazine rings is 1. The van der Waals surface area contributed by atoms with Crippen LogP contribution in [0.15, 0.2) is 42.5 Å². The van der Waals surface area contributed by atoms with Gasteiger partial charge >= 0.3 is 5.97 Å². The molecule has 1 amide bonds. The highest BCUT2D eigenvalue weighted by Crippen LogP contribution is 2.26. The predicted molar refractivity (Wildman–Crippen MR) is 103 cm³/mol. The fraction of sp³-hybridized carbons (Fsp3) is 0.300. The summed E-state index contributed by atoms with van der Waals surface area (Å²) in [6.07, 6.45) is 0. The zero-order valence-corrected chi connectivity index (χ0v) is 15.8. The molecule has 1 heterocycles. The minimum Gasteiger partial charge on any atom is -0.507 e. The maximum Gasteiger partial charge on any atom is 0.342 e. The average molecular weight is 389 g/mol. The molecule has 0 atom stereocenters. The van der Waals surface area contributed by atoms with Gasteiger partial charge in [0.05, 0.1) is 10.7 Å². The summed E-state index contributed by atoms with van der Waals surface area (Å²) in [7, 11) is 0. The molecule has 27 heavy (non-hydrogen) atoms. The third-order valence-corrected chi connectivity index (χ3v) is 4.93. The lowest BCUT2D eigenvalue weighted by molar-refractivity contribution is -0.134. The van der Waals surface area contributed by atoms with Crippen molar-refractivity contribution in [3.63, 3.8) is 0 Å². The fourth-order valence-electron chi connectivity index (χ4n) is 3.02. The minimum absolute atomic E-state index is 0.0614. The van der Waals surface area contributed by atoms with E-state index in [2.05, 4.69) is 4.90 Å². The molecule has 142 valence electrons. The third kappa shape index (κ3) is 4.34. The molecule has 0 unspecified atom stereocenters. The first kappa shape index (κ1) is 19.0. The van der Waals surface area contributed by atoms with Gasteiger partial charge in [0.1, 0.15) is 11.3 Å². The molecule has 2 aromatic carbocycles. The number of rotatable bonds is 4. The Balaban J connectivity index is 1.52. The molecule has 1 saturated heterocycles. The summed E-state index contributed by atoms with van der Waals surface area (Å²) in [5.74, 6) is -1.09. The second-order valence-electron chi connectivity index (χ2n) is 6.37. The van der Waals surface area contributed by atoms with Crippen LogP contribution in [0.5, 0.6) is 5.75 Å². The molecule has 0 bridgehead atoms. The van der Waals surface area contributed by atoms with Crippen LogP contribution >= 0.6 is 11.6 Å². The zero-order valence-electron chi connectivity index (χ0n) is 15.0. The van der Waals surface area contributed by atoms with E-state index in [0.717, 1.165) is 5.69 Å². The van der Waals surface area contributed by atoms with Gasteiger partial charge in [-0.15, -0.1) is 0 Å². The number of hydrogen-bond donors (Lipinski definition) is 1. The number of phenolic OH excluding ortho intramolecular Hbond substituents is 1. The molecule has 0 aliphatic carbocycles. The van der Waals surface area contributed by atoms with E-state index in [0.29, 0.717) is 36.8 Å². The first-order chi connectivity index (χ1) is 13.0. The van der Waals surface area contributed by atoms with Crippen LogP contribution in [0.4, 0.5) is 5.69 Å². The van der Waals surface area contributed by atoms with Crippen LogP contribution in [0.2, 0.25) is 5.02 Å². The Morgan fingerprint density at radius 1 is 1.07 bits per heavy atom. The number of para-hydroxylation sites is 2. The Kier molecular flexibility index (Phi) is 5.86. The number of ether oxygens (including phenoxy) is 1. The van der Waals surface area contributed by atoms with Crippen LogP contribution in [-0.2, 0) is 9.53 Å². The average Bonchev–Trinajstić information content (AvgIpc) is 2.68. The number of hydrogen-bond acceptors (Lipinski definition) is 5. The summed E-state index contributed by atoms with van der Waals surface area (Å²) in [4.78, 5) is 28.2. The standard InChI is InChI=1S/C20H21ClN2O4/c1-14-5-4-6-15(19(14)25)20(26)27-13-18(24)23-11-9-22(10-12-23)17-8-3-2-7-16(17)21/h2-8,25H,9-13H2,1H3. The number of aryl methyl sites for hydroxylation is 1. The van der Waals surface area contributed by atoms with Crippen LogP contribution in [0, 0.1) is 6.92 Å². The highest BCUT2D eigenvalue weighted by molar-refractivity contribution is 6.33. The molecule has 1 fully saturated rings. The van der Waals surface area contributed by atoms with Gasteiger partial charge in [0, 0.05) is 26.2 Å². The summed E-state index contributed by atoms with van der Waals surface area (Å²) in [5.41, 5.74) is 1.59. The van der Waals surface area contributed by atoms with Crippen molar-refractivity contribution in [1.29, 1.82) is 0 Å². The predicted octanol–water partition coefficient (Wildman–Crippen LogP) is 2.86. The molecule has 3 rings (SSSR count). The van der Waals surface area contributed by atoms with E-state index in [1.54, 1.807) is 24.0 Å². The monoisotopic (exact) mass is 388 g/mol. The molecule has 0 aromatic heterocycles. The third-order valence-electron chi connectivity index (χ3n) is 4.61. The Morgan fingerprint density at radius 3 is 2.48 bits per heavy atom. The number of esters is 1. The molecule has 1 N–H and O–H groups in total. The van der Waals surface area contributed by atoms with E-state index in [-0.39, 0.29) is 23.8 Å². The number of phenols is 1. The normalized spacial score (nSPS) is 14.1. The molecular weight excluding hydrogens is 368 g/mol. The molecule has 2 aromatic rings. The number of carbonyl (C=O) groups is 2. The maximum atomic E-state index is 12.3. The number of aromatic hydroxyl groups is 1. The Morgan fingerprint density at radius 2 is 1.78 bits per heavy atom. The number of anilines is 1. The molecule has 7 heteroatoms. The van der Waals surface area contributed by atoms with Crippen molar-refractivity contribution in [1.82, 2.24) is 4.90 Å². The topological polar surface area (TPSA) is 70.1 Å². The molecular formula is C20H21ClN2O4. The van der Waals surface area contributed by atoms with Crippen LogP contribution in [-0.4, -0.2) is 54.7 Å². The van der Waals surface area contributed by atoms with Gasteiger partial charge in [0.15, 0.2) is 6.61 Å².